The van der Waals surface area contributed by atoms with Crippen LogP contribution in [0.4, 0.5) is 5.69 Å². The number of pyridine rings is 1. The molecule has 6 heteroatoms. The lowest BCUT2D eigenvalue weighted by Crippen LogP contribution is -2.24. The van der Waals surface area contributed by atoms with Crippen LogP contribution < -0.4 is 10.6 Å². The summed E-state index contributed by atoms with van der Waals surface area (Å²) in [5.41, 5.74) is 2.83. The number of hydrogen-bond acceptors (Lipinski definition) is 5. The Bertz CT molecular complexity index is 685. The van der Waals surface area contributed by atoms with E-state index >= 15 is 0 Å². The molecule has 0 spiro atoms. The van der Waals surface area contributed by atoms with Gasteiger partial charge < -0.3 is 10.6 Å². The number of thioether (sulfide) groups is 1. The Morgan fingerprint density at radius 1 is 1.17 bits per heavy atom. The predicted octanol–water partition coefficient (Wildman–Crippen LogP) is 2.46. The number of rotatable bonds is 5. The Kier molecular flexibility index (Phi) is 5.26. The molecule has 0 unspecified atom stereocenters. The van der Waals surface area contributed by atoms with Crippen LogP contribution in [0.15, 0.2) is 53.7 Å². The second-order valence-corrected chi connectivity index (χ2v) is 6.22. The summed E-state index contributed by atoms with van der Waals surface area (Å²) < 4.78 is 0. The average Bonchev–Trinajstić information content (AvgIpc) is 3.09. The molecule has 118 valence electrons. The van der Waals surface area contributed by atoms with Gasteiger partial charge in [0.25, 0.3) is 0 Å². The van der Waals surface area contributed by atoms with Gasteiger partial charge in [0.15, 0.2) is 5.17 Å². The fourth-order valence-electron chi connectivity index (χ4n) is 2.18. The first-order valence-electron chi connectivity index (χ1n) is 7.49. The van der Waals surface area contributed by atoms with E-state index < -0.39 is 0 Å². The summed E-state index contributed by atoms with van der Waals surface area (Å²) in [6.45, 7) is 1.33. The zero-order valence-electron chi connectivity index (χ0n) is 12.7. The second kappa shape index (κ2) is 7.78. The summed E-state index contributed by atoms with van der Waals surface area (Å²) in [4.78, 5) is 20.5. The van der Waals surface area contributed by atoms with E-state index in [1.165, 1.54) is 0 Å². The van der Waals surface area contributed by atoms with Gasteiger partial charge in [-0.2, -0.15) is 0 Å². The van der Waals surface area contributed by atoms with E-state index in [9.17, 15) is 4.79 Å². The summed E-state index contributed by atoms with van der Waals surface area (Å²) >= 11 is 1.73. The van der Waals surface area contributed by atoms with Gasteiger partial charge in [0.05, 0.1) is 25.2 Å². The summed E-state index contributed by atoms with van der Waals surface area (Å²) in [6, 6.07) is 13.5. The van der Waals surface area contributed by atoms with E-state index in [1.807, 2.05) is 42.5 Å². The second-order valence-electron chi connectivity index (χ2n) is 5.13. The van der Waals surface area contributed by atoms with Crippen LogP contribution in [0.25, 0.3) is 0 Å². The number of nitrogens with zero attached hydrogens (tertiary/aromatic N) is 2. The van der Waals surface area contributed by atoms with E-state index in [-0.39, 0.29) is 5.91 Å². The van der Waals surface area contributed by atoms with E-state index in [4.69, 9.17) is 0 Å². The highest BCUT2D eigenvalue weighted by Gasteiger charge is 2.07. The van der Waals surface area contributed by atoms with Gasteiger partial charge in [0.1, 0.15) is 0 Å². The van der Waals surface area contributed by atoms with Gasteiger partial charge in [-0.3, -0.25) is 14.8 Å². The molecule has 2 aromatic rings. The van der Waals surface area contributed by atoms with Gasteiger partial charge in [0.2, 0.25) is 5.91 Å². The molecule has 1 aromatic heterocycles. The van der Waals surface area contributed by atoms with Crippen LogP contribution in [0.2, 0.25) is 0 Å². The largest absolute Gasteiger partial charge is 0.350 e. The number of benzene rings is 1. The Balaban J connectivity index is 1.48. The van der Waals surface area contributed by atoms with Crippen LogP contribution >= 0.6 is 11.8 Å². The van der Waals surface area contributed by atoms with Gasteiger partial charge >= 0.3 is 0 Å². The first kappa shape index (κ1) is 15.6. The fraction of sp³-hybridized carbons (Fsp3) is 0.235. The molecule has 0 saturated carbocycles. The molecule has 1 aliphatic heterocycles. The Morgan fingerprint density at radius 3 is 2.74 bits per heavy atom. The van der Waals surface area contributed by atoms with E-state index in [0.717, 1.165) is 34.4 Å². The lowest BCUT2D eigenvalue weighted by molar-refractivity contribution is -0.120. The number of anilines is 1. The molecule has 2 N–H and O–H groups in total. The van der Waals surface area contributed by atoms with Gasteiger partial charge in [-0.1, -0.05) is 30.0 Å². The smallest absolute Gasteiger partial charge is 0.224 e. The Hall–Kier alpha value is -2.34. The molecule has 5 nitrogen and oxygen atoms in total. The molecule has 1 aliphatic rings. The number of amides is 1. The van der Waals surface area contributed by atoms with E-state index in [2.05, 4.69) is 20.6 Å². The molecule has 1 aromatic carbocycles. The molecule has 0 atom stereocenters. The fourth-order valence-corrected chi connectivity index (χ4v) is 2.93. The van der Waals surface area contributed by atoms with Gasteiger partial charge in [-0.05, 0) is 29.8 Å². The van der Waals surface area contributed by atoms with Gasteiger partial charge in [0, 0.05) is 17.6 Å². The summed E-state index contributed by atoms with van der Waals surface area (Å²) in [5.74, 6) is 1.03. The number of aliphatic imine (C=N–C) groups is 1. The van der Waals surface area contributed by atoms with Crippen molar-refractivity contribution in [2.24, 2.45) is 4.99 Å². The third-order valence-corrected chi connectivity index (χ3v) is 4.24. The molecule has 2 heterocycles. The number of nitrogens with one attached hydrogen (secondary N) is 2. The third-order valence-electron chi connectivity index (χ3n) is 3.35. The zero-order valence-corrected chi connectivity index (χ0v) is 13.5. The summed E-state index contributed by atoms with van der Waals surface area (Å²) in [6.07, 6.45) is 2.09. The maximum Gasteiger partial charge on any atom is 0.224 e. The van der Waals surface area contributed by atoms with Crippen molar-refractivity contribution in [3.8, 4) is 0 Å². The normalized spacial score (nSPS) is 13.5. The number of amidine groups is 1. The summed E-state index contributed by atoms with van der Waals surface area (Å²) in [5, 5.41) is 7.12. The van der Waals surface area contributed by atoms with Crippen LogP contribution in [0.5, 0.6) is 0 Å². The van der Waals surface area contributed by atoms with Crippen molar-refractivity contribution < 1.29 is 4.79 Å². The highest BCUT2D eigenvalue weighted by atomic mass is 32.2. The van der Waals surface area contributed by atoms with Crippen LogP contribution in [-0.4, -0.2) is 28.4 Å². The molecule has 0 bridgehead atoms. The molecular formula is C17H18N4OS. The van der Waals surface area contributed by atoms with Crippen LogP contribution in [0.3, 0.4) is 0 Å². The SMILES string of the molecule is O=C(Cc1ccc(NC2=NCCS2)cc1)NCc1ccccn1. The first-order valence-corrected chi connectivity index (χ1v) is 8.48. The number of carbonyl (C=O) groups is 1. The van der Waals surface area contributed by atoms with E-state index in [0.29, 0.717) is 13.0 Å². The molecule has 0 radical (unpaired) electrons. The lowest BCUT2D eigenvalue weighted by Gasteiger charge is -2.07. The van der Waals surface area contributed by atoms with Crippen molar-refractivity contribution in [1.29, 1.82) is 0 Å². The highest BCUT2D eigenvalue weighted by molar-refractivity contribution is 8.14. The molecule has 3 rings (SSSR count). The molecule has 0 saturated heterocycles. The van der Waals surface area contributed by atoms with Crippen molar-refractivity contribution in [3.63, 3.8) is 0 Å². The molecular weight excluding hydrogens is 308 g/mol. The maximum absolute atomic E-state index is 12.0. The van der Waals surface area contributed by atoms with Crippen molar-refractivity contribution in [1.82, 2.24) is 10.3 Å². The molecule has 0 fully saturated rings. The zero-order chi connectivity index (χ0) is 15.9. The minimum absolute atomic E-state index is 0.00733. The minimum Gasteiger partial charge on any atom is -0.350 e. The van der Waals surface area contributed by atoms with Crippen molar-refractivity contribution in [2.75, 3.05) is 17.6 Å². The lowest BCUT2D eigenvalue weighted by atomic mass is 10.1. The van der Waals surface area contributed by atoms with E-state index in [1.54, 1.807) is 18.0 Å². The number of hydrogen-bond donors (Lipinski definition) is 2. The minimum atomic E-state index is -0.00733. The third kappa shape index (κ3) is 4.82. The Labute approximate surface area is 139 Å². The average molecular weight is 326 g/mol. The monoisotopic (exact) mass is 326 g/mol. The van der Waals surface area contributed by atoms with Crippen LogP contribution in [-0.2, 0) is 17.8 Å². The molecule has 0 aliphatic carbocycles. The predicted molar refractivity (Wildman–Crippen MR) is 94.6 cm³/mol. The van der Waals surface area contributed by atoms with Crippen molar-refractivity contribution in [2.45, 2.75) is 13.0 Å². The van der Waals surface area contributed by atoms with Crippen molar-refractivity contribution in [3.05, 3.63) is 59.9 Å². The van der Waals surface area contributed by atoms with Crippen LogP contribution in [0.1, 0.15) is 11.3 Å². The van der Waals surface area contributed by atoms with Gasteiger partial charge in [-0.25, -0.2) is 0 Å². The molecule has 23 heavy (non-hydrogen) atoms. The van der Waals surface area contributed by atoms with Crippen LogP contribution in [0, 0.1) is 0 Å². The van der Waals surface area contributed by atoms with Gasteiger partial charge in [-0.15, -0.1) is 0 Å². The highest BCUT2D eigenvalue weighted by Crippen LogP contribution is 2.16. The van der Waals surface area contributed by atoms with Crippen molar-refractivity contribution >= 4 is 28.5 Å². The quantitative estimate of drug-likeness (QED) is 0.886. The topological polar surface area (TPSA) is 66.4 Å². The maximum atomic E-state index is 12.0. The first-order chi connectivity index (χ1) is 11.3. The Morgan fingerprint density at radius 2 is 2.04 bits per heavy atom. The molecule has 1 amide bonds. The number of carbonyl (C=O) groups excluding carboxylic acids is 1. The number of aromatic nitrogens is 1. The standard InChI is InChI=1S/C17H18N4OS/c22-16(20-12-15-3-1-2-8-18-15)11-13-4-6-14(7-5-13)21-17-19-9-10-23-17/h1-8H,9-12H2,(H,19,21)(H,20,22). The summed E-state index contributed by atoms with van der Waals surface area (Å²) in [7, 11) is 0.